The van der Waals surface area contributed by atoms with Gasteiger partial charge >= 0.3 is 11.9 Å². The van der Waals surface area contributed by atoms with E-state index < -0.39 is 14.3 Å². The van der Waals surface area contributed by atoms with Gasteiger partial charge in [0.15, 0.2) is 0 Å². The highest BCUT2D eigenvalue weighted by Crippen LogP contribution is 2.37. The van der Waals surface area contributed by atoms with Crippen molar-refractivity contribution >= 4 is 20.3 Å². The van der Waals surface area contributed by atoms with Crippen molar-refractivity contribution in [3.63, 3.8) is 0 Å². The molecule has 2 rings (SSSR count). The molecule has 0 aromatic heterocycles. The maximum Gasteiger partial charge on any atom is 0.337 e. The molecule has 0 aliphatic carbocycles. The van der Waals surface area contributed by atoms with Crippen LogP contribution in [0, 0.1) is 0 Å². The Bertz CT molecular complexity index is 840. The van der Waals surface area contributed by atoms with Gasteiger partial charge < -0.3 is 19.0 Å². The SMILES string of the molecule is C.COC(=O)c1cccc(O)c1.COC(=O)c1cccc(O[Si](C)(C)C(C)(C)C)c1. The fourth-order valence-corrected chi connectivity index (χ4v) is 3.03. The van der Waals surface area contributed by atoms with Crippen LogP contribution in [-0.2, 0) is 9.47 Å². The monoisotopic (exact) mass is 434 g/mol. The average Bonchev–Trinajstić information content (AvgIpc) is 2.66. The summed E-state index contributed by atoms with van der Waals surface area (Å²) in [6, 6.07) is 13.2. The normalized spacial score (nSPS) is 10.6. The smallest absolute Gasteiger partial charge is 0.337 e. The van der Waals surface area contributed by atoms with Gasteiger partial charge in [-0.25, -0.2) is 9.59 Å². The highest BCUT2D eigenvalue weighted by atomic mass is 28.4. The molecule has 0 saturated heterocycles. The predicted molar refractivity (Wildman–Crippen MR) is 122 cm³/mol. The number of phenolic OH excluding ortho intramolecular Hbond substituents is 1. The summed E-state index contributed by atoms with van der Waals surface area (Å²) >= 11 is 0. The zero-order valence-corrected chi connectivity index (χ0v) is 19.1. The van der Waals surface area contributed by atoms with Crippen LogP contribution in [0.5, 0.6) is 11.5 Å². The van der Waals surface area contributed by atoms with E-state index in [4.69, 9.17) is 14.3 Å². The molecule has 0 aliphatic rings. The average molecular weight is 435 g/mol. The minimum atomic E-state index is -1.87. The molecule has 0 atom stereocenters. The lowest BCUT2D eigenvalue weighted by Crippen LogP contribution is -2.43. The van der Waals surface area contributed by atoms with Crippen LogP contribution in [0.15, 0.2) is 48.5 Å². The zero-order valence-electron chi connectivity index (χ0n) is 18.1. The number of hydrogen-bond donors (Lipinski definition) is 1. The third-order valence-corrected chi connectivity index (χ3v) is 9.06. The van der Waals surface area contributed by atoms with Gasteiger partial charge in [-0.2, -0.15) is 0 Å². The second-order valence-corrected chi connectivity index (χ2v) is 12.6. The molecule has 0 aliphatic heterocycles. The van der Waals surface area contributed by atoms with Crippen LogP contribution in [0.25, 0.3) is 0 Å². The zero-order chi connectivity index (χ0) is 22.2. The van der Waals surface area contributed by atoms with Gasteiger partial charge in [-0.3, -0.25) is 0 Å². The Hall–Kier alpha value is -2.80. The Morgan fingerprint density at radius 2 is 1.33 bits per heavy atom. The van der Waals surface area contributed by atoms with Gasteiger partial charge in [0.1, 0.15) is 11.5 Å². The topological polar surface area (TPSA) is 82.1 Å². The Morgan fingerprint density at radius 1 is 0.867 bits per heavy atom. The number of esters is 2. The molecule has 0 amide bonds. The second kappa shape index (κ2) is 11.4. The van der Waals surface area contributed by atoms with Crippen LogP contribution in [0.1, 0.15) is 48.9 Å². The van der Waals surface area contributed by atoms with E-state index >= 15 is 0 Å². The van der Waals surface area contributed by atoms with Crippen molar-refractivity contribution in [3.8, 4) is 11.5 Å². The molecular weight excluding hydrogens is 400 g/mol. The Kier molecular flexibility index (Phi) is 10.3. The summed E-state index contributed by atoms with van der Waals surface area (Å²) in [5.41, 5.74) is 0.876. The van der Waals surface area contributed by atoms with E-state index in [0.29, 0.717) is 11.1 Å². The summed E-state index contributed by atoms with van der Waals surface area (Å²) < 4.78 is 15.3. The first-order chi connectivity index (χ1) is 13.4. The number of aromatic hydroxyl groups is 1. The van der Waals surface area contributed by atoms with Gasteiger partial charge in [0.2, 0.25) is 8.32 Å². The van der Waals surface area contributed by atoms with Crippen molar-refractivity contribution in [1.82, 2.24) is 0 Å². The van der Waals surface area contributed by atoms with Crippen LogP contribution in [0.4, 0.5) is 0 Å². The lowest BCUT2D eigenvalue weighted by atomic mass is 10.2. The summed E-state index contributed by atoms with van der Waals surface area (Å²) in [7, 11) is 0.811. The lowest BCUT2D eigenvalue weighted by molar-refractivity contribution is 0.0591. The van der Waals surface area contributed by atoms with Crippen molar-refractivity contribution in [2.45, 2.75) is 46.3 Å². The van der Waals surface area contributed by atoms with E-state index in [1.54, 1.807) is 24.3 Å². The van der Waals surface area contributed by atoms with Crippen LogP contribution in [0.2, 0.25) is 18.1 Å². The Balaban J connectivity index is 0.000000603. The Labute approximate surface area is 180 Å². The minimum absolute atomic E-state index is 0. The van der Waals surface area contributed by atoms with Crippen molar-refractivity contribution in [2.75, 3.05) is 14.2 Å². The summed E-state index contributed by atoms with van der Waals surface area (Å²) in [5.74, 6) is 0.0222. The number of methoxy groups -OCH3 is 2. The standard InChI is InChI=1S/C14H22O3Si.C8H8O3.CH4/c1-14(2,3)18(5,6)17-12-9-7-8-11(10-12)13(15)16-4;1-11-8(10)6-3-2-4-7(9)5-6;/h7-10H,1-6H3;2-5,9H,1H3;1H4. The van der Waals surface area contributed by atoms with Crippen molar-refractivity contribution < 1.29 is 28.6 Å². The molecule has 0 saturated carbocycles. The summed E-state index contributed by atoms with van der Waals surface area (Å²) in [6.07, 6.45) is 0. The van der Waals surface area contributed by atoms with E-state index in [-0.39, 0.29) is 24.2 Å². The number of ether oxygens (including phenoxy) is 2. The third-order valence-electron chi connectivity index (χ3n) is 4.70. The number of rotatable bonds is 4. The number of phenols is 1. The van der Waals surface area contributed by atoms with Crippen molar-refractivity contribution in [1.29, 1.82) is 0 Å². The summed E-state index contributed by atoms with van der Waals surface area (Å²) in [5, 5.41) is 9.08. The lowest BCUT2D eigenvalue weighted by Gasteiger charge is -2.36. The molecule has 30 heavy (non-hydrogen) atoms. The van der Waals surface area contributed by atoms with Gasteiger partial charge in [0, 0.05) is 0 Å². The Morgan fingerprint density at radius 3 is 1.77 bits per heavy atom. The van der Waals surface area contributed by atoms with Crippen molar-refractivity contribution in [3.05, 3.63) is 59.7 Å². The number of carbonyl (C=O) groups is 2. The molecule has 1 N–H and O–H groups in total. The van der Waals surface area contributed by atoms with Gasteiger partial charge in [0.25, 0.3) is 0 Å². The maximum absolute atomic E-state index is 11.5. The van der Waals surface area contributed by atoms with E-state index in [0.717, 1.165) is 5.75 Å². The molecular formula is C23H34O6Si. The van der Waals surface area contributed by atoms with E-state index in [1.807, 2.05) is 12.1 Å². The molecule has 2 aromatic carbocycles. The highest BCUT2D eigenvalue weighted by molar-refractivity contribution is 6.74. The molecule has 166 valence electrons. The van der Waals surface area contributed by atoms with Gasteiger partial charge in [-0.15, -0.1) is 0 Å². The first-order valence-corrected chi connectivity index (χ1v) is 12.1. The fourth-order valence-electron chi connectivity index (χ4n) is 2.00. The predicted octanol–water partition coefficient (Wildman–Crippen LogP) is 5.67. The van der Waals surface area contributed by atoms with E-state index in [1.165, 1.54) is 26.4 Å². The molecule has 6 nitrogen and oxygen atoms in total. The van der Waals surface area contributed by atoms with Crippen LogP contribution >= 0.6 is 0 Å². The molecule has 0 radical (unpaired) electrons. The first kappa shape index (κ1) is 27.2. The molecule has 0 bridgehead atoms. The molecule has 0 spiro atoms. The quantitative estimate of drug-likeness (QED) is 0.493. The first-order valence-electron chi connectivity index (χ1n) is 9.16. The largest absolute Gasteiger partial charge is 0.543 e. The number of benzene rings is 2. The van der Waals surface area contributed by atoms with E-state index in [2.05, 4.69) is 38.6 Å². The fraction of sp³-hybridized carbons (Fsp3) is 0.391. The third kappa shape index (κ3) is 7.91. The summed E-state index contributed by atoms with van der Waals surface area (Å²) in [6.45, 7) is 10.9. The minimum Gasteiger partial charge on any atom is -0.543 e. The number of hydrogen-bond acceptors (Lipinski definition) is 6. The van der Waals surface area contributed by atoms with Gasteiger partial charge in [0.05, 0.1) is 25.3 Å². The molecule has 2 aromatic rings. The molecule has 7 heteroatoms. The van der Waals surface area contributed by atoms with Crippen LogP contribution in [-0.4, -0.2) is 39.6 Å². The van der Waals surface area contributed by atoms with Crippen molar-refractivity contribution in [2.24, 2.45) is 0 Å². The molecule has 0 unspecified atom stereocenters. The summed E-state index contributed by atoms with van der Waals surface area (Å²) in [4.78, 5) is 22.3. The van der Waals surface area contributed by atoms with Crippen LogP contribution < -0.4 is 4.43 Å². The van der Waals surface area contributed by atoms with Gasteiger partial charge in [-0.05, 0) is 54.5 Å². The number of carbonyl (C=O) groups excluding carboxylic acids is 2. The van der Waals surface area contributed by atoms with E-state index in [9.17, 15) is 9.59 Å². The molecule has 0 fully saturated rings. The maximum atomic E-state index is 11.5. The highest BCUT2D eigenvalue weighted by Gasteiger charge is 2.39. The molecule has 0 heterocycles. The van der Waals surface area contributed by atoms with Crippen LogP contribution in [0.3, 0.4) is 0 Å². The second-order valence-electron chi connectivity index (χ2n) is 7.92. The van der Waals surface area contributed by atoms with Gasteiger partial charge in [-0.1, -0.05) is 40.3 Å².